The van der Waals surface area contributed by atoms with Gasteiger partial charge in [0.2, 0.25) is 5.91 Å². The molecule has 4 rings (SSSR count). The quantitative estimate of drug-likeness (QED) is 0.299. The number of ether oxygens (including phenoxy) is 1. The average Bonchev–Trinajstić information content (AvgIpc) is 2.91. The molecule has 0 bridgehead atoms. The molecule has 0 aliphatic rings. The molecule has 0 aromatic heterocycles. The maximum atomic E-state index is 12.4. The van der Waals surface area contributed by atoms with Gasteiger partial charge in [-0.15, -0.1) is 0 Å². The van der Waals surface area contributed by atoms with Crippen molar-refractivity contribution in [1.82, 2.24) is 5.32 Å². The molecular weight excluding hydrogens is 438 g/mol. The first-order valence-electron chi connectivity index (χ1n) is 11.4. The molecule has 176 valence electrons. The Balaban J connectivity index is 1.22. The lowest BCUT2D eigenvalue weighted by Gasteiger charge is -2.11. The van der Waals surface area contributed by atoms with E-state index in [1.165, 1.54) is 0 Å². The standard InChI is InChI=1S/C29H27N3O3/c33-28(20-30-26-12-7-13-27(18-26)35-21-23-10-5-2-6-11-23)32-25-16-14-24(15-17-25)29(34)31-19-22-8-3-1-4-9-22/h1-18,30H,19-21H2,(H,31,34)(H,32,33). The smallest absolute Gasteiger partial charge is 0.251 e. The molecule has 0 radical (unpaired) electrons. The fourth-order valence-corrected chi connectivity index (χ4v) is 3.41. The van der Waals surface area contributed by atoms with Crippen molar-refractivity contribution in [3.63, 3.8) is 0 Å². The number of amides is 2. The summed E-state index contributed by atoms with van der Waals surface area (Å²) < 4.78 is 5.83. The van der Waals surface area contributed by atoms with E-state index in [1.54, 1.807) is 24.3 Å². The molecule has 6 heteroatoms. The molecule has 0 saturated carbocycles. The third kappa shape index (κ3) is 7.47. The molecule has 0 spiro atoms. The normalized spacial score (nSPS) is 10.3. The van der Waals surface area contributed by atoms with Gasteiger partial charge in [0.1, 0.15) is 12.4 Å². The van der Waals surface area contributed by atoms with Crippen molar-refractivity contribution >= 4 is 23.2 Å². The van der Waals surface area contributed by atoms with Crippen LogP contribution in [0.25, 0.3) is 0 Å². The molecule has 0 aliphatic carbocycles. The van der Waals surface area contributed by atoms with Crippen molar-refractivity contribution in [3.8, 4) is 5.75 Å². The van der Waals surface area contributed by atoms with E-state index in [0.29, 0.717) is 24.4 Å². The van der Waals surface area contributed by atoms with Crippen LogP contribution in [0.3, 0.4) is 0 Å². The maximum absolute atomic E-state index is 12.4. The molecule has 2 amide bonds. The van der Waals surface area contributed by atoms with Crippen molar-refractivity contribution in [2.24, 2.45) is 0 Å². The number of carbonyl (C=O) groups excluding carboxylic acids is 2. The van der Waals surface area contributed by atoms with E-state index in [0.717, 1.165) is 22.6 Å². The Morgan fingerprint density at radius 2 is 1.37 bits per heavy atom. The second kappa shape index (κ2) is 12.0. The Kier molecular flexibility index (Phi) is 8.11. The summed E-state index contributed by atoms with van der Waals surface area (Å²) in [4.78, 5) is 24.7. The number of hydrogen-bond acceptors (Lipinski definition) is 4. The van der Waals surface area contributed by atoms with Crippen LogP contribution in [0, 0.1) is 0 Å². The van der Waals surface area contributed by atoms with Crippen molar-refractivity contribution < 1.29 is 14.3 Å². The third-order valence-electron chi connectivity index (χ3n) is 5.26. The van der Waals surface area contributed by atoms with E-state index >= 15 is 0 Å². The molecular formula is C29H27N3O3. The fourth-order valence-electron chi connectivity index (χ4n) is 3.41. The first kappa shape index (κ1) is 23.6. The molecule has 0 aliphatic heterocycles. The summed E-state index contributed by atoms with van der Waals surface area (Å²) in [6.45, 7) is 1.04. The lowest BCUT2D eigenvalue weighted by Crippen LogP contribution is -2.23. The van der Waals surface area contributed by atoms with E-state index in [1.807, 2.05) is 84.9 Å². The van der Waals surface area contributed by atoms with Crippen molar-refractivity contribution in [3.05, 3.63) is 126 Å². The maximum Gasteiger partial charge on any atom is 0.251 e. The van der Waals surface area contributed by atoms with Gasteiger partial charge in [-0.25, -0.2) is 0 Å². The molecule has 0 unspecified atom stereocenters. The molecule has 4 aromatic rings. The van der Waals surface area contributed by atoms with E-state index < -0.39 is 0 Å². The Bertz CT molecular complexity index is 1240. The van der Waals surface area contributed by atoms with E-state index in [4.69, 9.17) is 4.74 Å². The van der Waals surface area contributed by atoms with Gasteiger partial charge in [0, 0.05) is 29.5 Å². The van der Waals surface area contributed by atoms with Gasteiger partial charge in [-0.05, 0) is 47.5 Å². The zero-order valence-electron chi connectivity index (χ0n) is 19.2. The summed E-state index contributed by atoms with van der Waals surface area (Å²) in [5.41, 5.74) is 4.06. The van der Waals surface area contributed by atoms with Crippen molar-refractivity contribution in [2.75, 3.05) is 17.2 Å². The fraction of sp³-hybridized carbons (Fsp3) is 0.103. The lowest BCUT2D eigenvalue weighted by molar-refractivity contribution is -0.114. The number of anilines is 2. The lowest BCUT2D eigenvalue weighted by atomic mass is 10.1. The van der Waals surface area contributed by atoms with Crippen LogP contribution in [0.5, 0.6) is 5.75 Å². The van der Waals surface area contributed by atoms with Crippen LogP contribution in [0.15, 0.2) is 109 Å². The van der Waals surface area contributed by atoms with E-state index in [2.05, 4.69) is 16.0 Å². The highest BCUT2D eigenvalue weighted by Gasteiger charge is 2.07. The van der Waals surface area contributed by atoms with E-state index in [9.17, 15) is 9.59 Å². The highest BCUT2D eigenvalue weighted by atomic mass is 16.5. The van der Waals surface area contributed by atoms with Gasteiger partial charge in [-0.3, -0.25) is 9.59 Å². The van der Waals surface area contributed by atoms with Crippen LogP contribution in [-0.2, 0) is 17.9 Å². The van der Waals surface area contributed by atoms with Gasteiger partial charge in [-0.1, -0.05) is 66.7 Å². The van der Waals surface area contributed by atoms with Crippen LogP contribution in [0.4, 0.5) is 11.4 Å². The molecule has 0 atom stereocenters. The number of rotatable bonds is 10. The number of benzene rings is 4. The predicted molar refractivity (Wildman–Crippen MR) is 138 cm³/mol. The Morgan fingerprint density at radius 1 is 0.686 bits per heavy atom. The molecule has 6 nitrogen and oxygen atoms in total. The van der Waals surface area contributed by atoms with Gasteiger partial charge in [-0.2, -0.15) is 0 Å². The van der Waals surface area contributed by atoms with Gasteiger partial charge in [0.05, 0.1) is 6.54 Å². The van der Waals surface area contributed by atoms with Gasteiger partial charge in [0.25, 0.3) is 5.91 Å². The zero-order chi connectivity index (χ0) is 24.3. The SMILES string of the molecule is O=C(CNc1cccc(OCc2ccccc2)c1)Nc1ccc(C(=O)NCc2ccccc2)cc1. The average molecular weight is 466 g/mol. The monoisotopic (exact) mass is 465 g/mol. The van der Waals surface area contributed by atoms with Gasteiger partial charge in [0.15, 0.2) is 0 Å². The van der Waals surface area contributed by atoms with Crippen LogP contribution in [0.2, 0.25) is 0 Å². The topological polar surface area (TPSA) is 79.5 Å². The van der Waals surface area contributed by atoms with Crippen LogP contribution >= 0.6 is 0 Å². The summed E-state index contributed by atoms with van der Waals surface area (Å²) >= 11 is 0. The van der Waals surface area contributed by atoms with Gasteiger partial charge >= 0.3 is 0 Å². The molecule has 3 N–H and O–H groups in total. The highest BCUT2D eigenvalue weighted by Crippen LogP contribution is 2.18. The molecule has 0 saturated heterocycles. The molecule has 4 aromatic carbocycles. The van der Waals surface area contributed by atoms with Crippen LogP contribution in [-0.4, -0.2) is 18.4 Å². The number of carbonyl (C=O) groups is 2. The minimum Gasteiger partial charge on any atom is -0.489 e. The van der Waals surface area contributed by atoms with Crippen molar-refractivity contribution in [1.29, 1.82) is 0 Å². The minimum absolute atomic E-state index is 0.0987. The molecule has 0 fully saturated rings. The second-order valence-corrected chi connectivity index (χ2v) is 7.95. The first-order valence-corrected chi connectivity index (χ1v) is 11.4. The van der Waals surface area contributed by atoms with Crippen molar-refractivity contribution in [2.45, 2.75) is 13.2 Å². The van der Waals surface area contributed by atoms with Crippen LogP contribution < -0.4 is 20.7 Å². The molecule has 35 heavy (non-hydrogen) atoms. The summed E-state index contributed by atoms with van der Waals surface area (Å²) in [7, 11) is 0. The number of hydrogen-bond donors (Lipinski definition) is 3. The summed E-state index contributed by atoms with van der Waals surface area (Å²) in [6.07, 6.45) is 0. The minimum atomic E-state index is -0.193. The number of nitrogens with one attached hydrogen (secondary N) is 3. The Hall–Kier alpha value is -4.58. The molecule has 0 heterocycles. The summed E-state index contributed by atoms with van der Waals surface area (Å²) in [5, 5.41) is 8.83. The zero-order valence-corrected chi connectivity index (χ0v) is 19.2. The first-order chi connectivity index (χ1) is 17.2. The van der Waals surface area contributed by atoms with Crippen LogP contribution in [0.1, 0.15) is 21.5 Å². The summed E-state index contributed by atoms with van der Waals surface area (Å²) in [6, 6.07) is 34.0. The summed E-state index contributed by atoms with van der Waals surface area (Å²) in [5.74, 6) is 0.366. The predicted octanol–water partition coefficient (Wildman–Crippen LogP) is 5.25. The highest BCUT2D eigenvalue weighted by molar-refractivity contribution is 5.96. The second-order valence-electron chi connectivity index (χ2n) is 7.95. The Morgan fingerprint density at radius 3 is 2.09 bits per heavy atom. The van der Waals surface area contributed by atoms with Gasteiger partial charge < -0.3 is 20.7 Å². The Labute approximate surface area is 205 Å². The largest absolute Gasteiger partial charge is 0.489 e. The third-order valence-corrected chi connectivity index (χ3v) is 5.26. The van der Waals surface area contributed by atoms with E-state index in [-0.39, 0.29) is 18.4 Å².